The largest absolute Gasteiger partial charge is 0.330 e. The number of hydrogen-bond donors (Lipinski definition) is 1. The highest BCUT2D eigenvalue weighted by atomic mass is 32.2. The highest BCUT2D eigenvalue weighted by Gasteiger charge is 2.27. The van der Waals surface area contributed by atoms with E-state index in [-0.39, 0.29) is 6.04 Å². The predicted molar refractivity (Wildman–Crippen MR) is 74.3 cm³/mol. The molecule has 1 aliphatic carbocycles. The van der Waals surface area contributed by atoms with E-state index in [1.165, 1.54) is 30.7 Å². The SMILES string of the molecule is CCSC1CCC(n2cncc2[C@H](N)CC)C1. The van der Waals surface area contributed by atoms with Crippen LogP contribution in [-0.4, -0.2) is 20.6 Å². The first-order chi connectivity index (χ1) is 8.26. The van der Waals surface area contributed by atoms with E-state index < -0.39 is 0 Å². The Hall–Kier alpha value is -0.480. The number of hydrogen-bond acceptors (Lipinski definition) is 3. The number of nitrogens with two attached hydrogens (primary N) is 1. The lowest BCUT2D eigenvalue weighted by Crippen LogP contribution is -2.17. The van der Waals surface area contributed by atoms with Gasteiger partial charge in [0.05, 0.1) is 12.0 Å². The molecule has 1 saturated carbocycles. The Morgan fingerprint density at radius 1 is 1.53 bits per heavy atom. The lowest BCUT2D eigenvalue weighted by atomic mass is 10.1. The number of imidazole rings is 1. The molecule has 0 amide bonds. The predicted octanol–water partition coefficient (Wildman–Crippen LogP) is 3.14. The summed E-state index contributed by atoms with van der Waals surface area (Å²) in [6.07, 6.45) is 8.77. The van der Waals surface area contributed by atoms with Crippen molar-refractivity contribution in [1.82, 2.24) is 9.55 Å². The van der Waals surface area contributed by atoms with Crippen LogP contribution in [0.25, 0.3) is 0 Å². The topological polar surface area (TPSA) is 43.8 Å². The Morgan fingerprint density at radius 3 is 3.06 bits per heavy atom. The van der Waals surface area contributed by atoms with E-state index in [2.05, 4.69) is 35.2 Å². The van der Waals surface area contributed by atoms with E-state index in [1.54, 1.807) is 0 Å². The van der Waals surface area contributed by atoms with Gasteiger partial charge >= 0.3 is 0 Å². The Kier molecular flexibility index (Phi) is 4.51. The Balaban J connectivity index is 2.06. The van der Waals surface area contributed by atoms with Gasteiger partial charge in [-0.3, -0.25) is 0 Å². The third kappa shape index (κ3) is 2.86. The summed E-state index contributed by atoms with van der Waals surface area (Å²) in [7, 11) is 0. The molecule has 0 radical (unpaired) electrons. The Labute approximate surface area is 108 Å². The van der Waals surface area contributed by atoms with Gasteiger partial charge in [-0.25, -0.2) is 4.98 Å². The molecular formula is C13H23N3S. The molecule has 3 atom stereocenters. The maximum atomic E-state index is 6.13. The van der Waals surface area contributed by atoms with Crippen LogP contribution in [0.1, 0.15) is 57.3 Å². The smallest absolute Gasteiger partial charge is 0.0951 e. The number of rotatable bonds is 5. The summed E-state index contributed by atoms with van der Waals surface area (Å²) in [6, 6.07) is 0.754. The minimum Gasteiger partial charge on any atom is -0.330 e. The van der Waals surface area contributed by atoms with Gasteiger partial charge in [0.25, 0.3) is 0 Å². The van der Waals surface area contributed by atoms with Crippen LogP contribution >= 0.6 is 11.8 Å². The van der Waals surface area contributed by atoms with Crippen molar-refractivity contribution >= 4 is 11.8 Å². The second kappa shape index (κ2) is 5.91. The van der Waals surface area contributed by atoms with Crippen molar-refractivity contribution in [3.63, 3.8) is 0 Å². The van der Waals surface area contributed by atoms with E-state index >= 15 is 0 Å². The number of thioether (sulfide) groups is 1. The van der Waals surface area contributed by atoms with E-state index in [9.17, 15) is 0 Å². The fourth-order valence-corrected chi connectivity index (χ4v) is 3.81. The maximum absolute atomic E-state index is 6.13. The van der Waals surface area contributed by atoms with Gasteiger partial charge in [0.15, 0.2) is 0 Å². The van der Waals surface area contributed by atoms with Crippen molar-refractivity contribution in [1.29, 1.82) is 0 Å². The molecule has 0 bridgehead atoms. The van der Waals surface area contributed by atoms with Gasteiger partial charge in [0.2, 0.25) is 0 Å². The van der Waals surface area contributed by atoms with E-state index in [0.717, 1.165) is 11.7 Å². The molecule has 0 aromatic carbocycles. The zero-order valence-corrected chi connectivity index (χ0v) is 11.6. The van der Waals surface area contributed by atoms with E-state index in [0.29, 0.717) is 6.04 Å². The van der Waals surface area contributed by atoms with Crippen LogP contribution in [0.2, 0.25) is 0 Å². The van der Waals surface area contributed by atoms with Crippen LogP contribution in [0.4, 0.5) is 0 Å². The molecule has 96 valence electrons. The third-order valence-corrected chi connectivity index (χ3v) is 4.90. The fourth-order valence-electron chi connectivity index (χ4n) is 2.67. The summed E-state index contributed by atoms with van der Waals surface area (Å²) in [4.78, 5) is 4.28. The second-order valence-electron chi connectivity index (χ2n) is 4.78. The van der Waals surface area contributed by atoms with Crippen LogP contribution in [0.5, 0.6) is 0 Å². The first-order valence-electron chi connectivity index (χ1n) is 6.65. The summed E-state index contributed by atoms with van der Waals surface area (Å²) in [5.41, 5.74) is 7.34. The normalized spacial score (nSPS) is 26.3. The Bertz CT molecular complexity index is 350. The molecule has 1 fully saturated rings. The van der Waals surface area contributed by atoms with Crippen molar-refractivity contribution in [2.24, 2.45) is 5.73 Å². The average molecular weight is 253 g/mol. The quantitative estimate of drug-likeness (QED) is 0.876. The molecular weight excluding hydrogens is 230 g/mol. The van der Waals surface area contributed by atoms with E-state index in [4.69, 9.17) is 5.73 Å². The minimum absolute atomic E-state index is 0.135. The monoisotopic (exact) mass is 253 g/mol. The molecule has 2 N–H and O–H groups in total. The second-order valence-corrected chi connectivity index (χ2v) is 6.36. The molecule has 4 heteroatoms. The summed E-state index contributed by atoms with van der Waals surface area (Å²) in [5, 5.41) is 0.832. The lowest BCUT2D eigenvalue weighted by molar-refractivity contribution is 0.480. The Morgan fingerprint density at radius 2 is 2.35 bits per heavy atom. The molecule has 3 nitrogen and oxygen atoms in total. The van der Waals surface area contributed by atoms with Crippen LogP contribution in [0, 0.1) is 0 Å². The third-order valence-electron chi connectivity index (χ3n) is 3.67. The van der Waals surface area contributed by atoms with Gasteiger partial charge in [-0.2, -0.15) is 11.8 Å². The van der Waals surface area contributed by atoms with Gasteiger partial charge in [-0.15, -0.1) is 0 Å². The van der Waals surface area contributed by atoms with Crippen molar-refractivity contribution in [2.75, 3.05) is 5.75 Å². The highest BCUT2D eigenvalue weighted by Crippen LogP contribution is 2.38. The summed E-state index contributed by atoms with van der Waals surface area (Å²) in [5.74, 6) is 1.22. The van der Waals surface area contributed by atoms with Crippen LogP contribution in [0.15, 0.2) is 12.5 Å². The van der Waals surface area contributed by atoms with E-state index in [1.807, 2.05) is 12.5 Å². The summed E-state index contributed by atoms with van der Waals surface area (Å²) < 4.78 is 2.32. The van der Waals surface area contributed by atoms with Gasteiger partial charge < -0.3 is 10.3 Å². The molecule has 2 unspecified atom stereocenters. The molecule has 0 spiro atoms. The van der Waals surface area contributed by atoms with Gasteiger partial charge in [-0.1, -0.05) is 13.8 Å². The molecule has 1 aliphatic rings. The molecule has 1 aromatic heterocycles. The van der Waals surface area contributed by atoms with Crippen molar-refractivity contribution in [2.45, 2.75) is 56.9 Å². The molecule has 17 heavy (non-hydrogen) atoms. The molecule has 1 heterocycles. The van der Waals surface area contributed by atoms with Crippen molar-refractivity contribution in [3.8, 4) is 0 Å². The molecule has 0 saturated heterocycles. The van der Waals surface area contributed by atoms with Gasteiger partial charge in [0, 0.05) is 23.5 Å². The molecule has 0 aliphatic heterocycles. The van der Waals surface area contributed by atoms with Crippen LogP contribution < -0.4 is 5.73 Å². The van der Waals surface area contributed by atoms with Crippen molar-refractivity contribution < 1.29 is 0 Å². The standard InChI is InChI=1S/C13H23N3S/c1-3-12(14)13-8-15-9-16(13)10-5-6-11(7-10)17-4-2/h8-12H,3-7,14H2,1-2H3/t10?,11?,12-/m1/s1. The average Bonchev–Trinajstić information content (AvgIpc) is 2.95. The zero-order chi connectivity index (χ0) is 12.3. The first kappa shape index (κ1) is 13.0. The molecule has 2 rings (SSSR count). The van der Waals surface area contributed by atoms with Gasteiger partial charge in [-0.05, 0) is 31.4 Å². The lowest BCUT2D eigenvalue weighted by Gasteiger charge is -2.19. The molecule has 1 aromatic rings. The van der Waals surface area contributed by atoms with Crippen LogP contribution in [0.3, 0.4) is 0 Å². The fraction of sp³-hybridized carbons (Fsp3) is 0.769. The number of nitrogens with zero attached hydrogens (tertiary/aromatic N) is 2. The summed E-state index contributed by atoms with van der Waals surface area (Å²) in [6.45, 7) is 4.38. The first-order valence-corrected chi connectivity index (χ1v) is 7.70. The number of aromatic nitrogens is 2. The summed E-state index contributed by atoms with van der Waals surface area (Å²) >= 11 is 2.09. The minimum atomic E-state index is 0.135. The highest BCUT2D eigenvalue weighted by molar-refractivity contribution is 7.99. The maximum Gasteiger partial charge on any atom is 0.0951 e. The van der Waals surface area contributed by atoms with Crippen molar-refractivity contribution in [3.05, 3.63) is 18.2 Å². The zero-order valence-electron chi connectivity index (χ0n) is 10.8. The van der Waals surface area contributed by atoms with Crippen LogP contribution in [-0.2, 0) is 0 Å². The van der Waals surface area contributed by atoms with Gasteiger partial charge in [0.1, 0.15) is 0 Å².